The van der Waals surface area contributed by atoms with Crippen LogP contribution in [0, 0.1) is 5.82 Å². The second kappa shape index (κ2) is 3.52. The molecule has 0 radical (unpaired) electrons. The molecule has 0 spiro atoms. The summed E-state index contributed by atoms with van der Waals surface area (Å²) in [5, 5.41) is -0.180. The minimum absolute atomic E-state index is 0.105. The summed E-state index contributed by atoms with van der Waals surface area (Å²) in [6.07, 6.45) is 0. The molecule has 1 unspecified atom stereocenters. The predicted molar refractivity (Wildman–Crippen MR) is 43.7 cm³/mol. The molecule has 0 amide bonds. The zero-order valence-corrected chi connectivity index (χ0v) is 7.51. The SMILES string of the molecule is O=S(Cl)c1cccc(F)c1Cl. The minimum Gasteiger partial charge on any atom is -0.237 e. The molecule has 0 heterocycles. The lowest BCUT2D eigenvalue weighted by Gasteiger charge is -1.97. The number of rotatable bonds is 1. The van der Waals surface area contributed by atoms with Gasteiger partial charge in [0.25, 0.3) is 0 Å². The Bertz CT molecular complexity index is 303. The Kier molecular flexibility index (Phi) is 2.87. The van der Waals surface area contributed by atoms with E-state index >= 15 is 0 Å². The van der Waals surface area contributed by atoms with Crippen LogP contribution in [-0.4, -0.2) is 4.21 Å². The van der Waals surface area contributed by atoms with E-state index in [-0.39, 0.29) is 9.92 Å². The lowest BCUT2D eigenvalue weighted by molar-refractivity contribution is 0.623. The number of benzene rings is 1. The fourth-order valence-corrected chi connectivity index (χ4v) is 1.87. The van der Waals surface area contributed by atoms with Gasteiger partial charge in [-0.05, 0) is 22.8 Å². The van der Waals surface area contributed by atoms with Crippen LogP contribution in [0.2, 0.25) is 5.02 Å². The van der Waals surface area contributed by atoms with Gasteiger partial charge in [-0.2, -0.15) is 0 Å². The van der Waals surface area contributed by atoms with Gasteiger partial charge in [-0.3, -0.25) is 0 Å². The van der Waals surface area contributed by atoms with Crippen LogP contribution in [0.5, 0.6) is 0 Å². The summed E-state index contributed by atoms with van der Waals surface area (Å²) in [6.45, 7) is 0. The van der Waals surface area contributed by atoms with Crippen LogP contribution in [0.25, 0.3) is 0 Å². The summed E-state index contributed by atoms with van der Waals surface area (Å²) >= 11 is 5.44. The molecule has 0 saturated heterocycles. The van der Waals surface area contributed by atoms with Crippen LogP contribution in [0.4, 0.5) is 4.39 Å². The highest BCUT2D eigenvalue weighted by Crippen LogP contribution is 2.23. The molecular weight excluding hydrogens is 210 g/mol. The number of hydrogen-bond acceptors (Lipinski definition) is 1. The highest BCUT2D eigenvalue weighted by molar-refractivity contribution is 8.08. The standard InChI is InChI=1S/C6H3Cl2FOS/c7-6-4(9)2-1-3-5(6)11(8)10/h1-3H. The summed E-state index contributed by atoms with van der Waals surface area (Å²) in [4.78, 5) is 0.105. The fraction of sp³-hybridized carbons (Fsp3) is 0. The Labute approximate surface area is 75.1 Å². The third-order valence-electron chi connectivity index (χ3n) is 1.09. The van der Waals surface area contributed by atoms with Gasteiger partial charge in [0.2, 0.25) is 0 Å². The molecular formula is C6H3Cl2FOS. The van der Waals surface area contributed by atoms with Gasteiger partial charge in [0.1, 0.15) is 15.8 Å². The van der Waals surface area contributed by atoms with Crippen LogP contribution >= 0.6 is 22.3 Å². The first-order valence-electron chi connectivity index (χ1n) is 2.65. The van der Waals surface area contributed by atoms with Crippen molar-refractivity contribution in [2.45, 2.75) is 4.90 Å². The summed E-state index contributed by atoms with van der Waals surface area (Å²) in [5.74, 6) is -0.613. The van der Waals surface area contributed by atoms with E-state index in [1.165, 1.54) is 18.2 Å². The number of hydrogen-bond donors (Lipinski definition) is 0. The van der Waals surface area contributed by atoms with Gasteiger partial charge >= 0.3 is 0 Å². The summed E-state index contributed by atoms with van der Waals surface area (Å²) in [6, 6.07) is 3.99. The van der Waals surface area contributed by atoms with Crippen molar-refractivity contribution >= 4 is 32.3 Å². The first-order valence-corrected chi connectivity index (χ1v) is 5.00. The van der Waals surface area contributed by atoms with E-state index in [1.54, 1.807) is 0 Å². The highest BCUT2D eigenvalue weighted by atomic mass is 35.7. The molecule has 1 aromatic carbocycles. The average Bonchev–Trinajstić information content (AvgIpc) is 1.94. The predicted octanol–water partition coefficient (Wildman–Crippen LogP) is 2.74. The van der Waals surface area contributed by atoms with E-state index in [2.05, 4.69) is 0 Å². The van der Waals surface area contributed by atoms with Crippen molar-refractivity contribution in [3.8, 4) is 0 Å². The maximum Gasteiger partial charge on any atom is 0.149 e. The first-order chi connectivity index (χ1) is 5.13. The molecule has 0 aromatic heterocycles. The molecule has 1 rings (SSSR count). The van der Waals surface area contributed by atoms with Crippen LogP contribution in [0.3, 0.4) is 0 Å². The molecule has 1 atom stereocenters. The zero-order chi connectivity index (χ0) is 8.43. The third kappa shape index (κ3) is 1.92. The Morgan fingerprint density at radius 3 is 2.55 bits per heavy atom. The van der Waals surface area contributed by atoms with Gasteiger partial charge in [0, 0.05) is 0 Å². The molecule has 0 aliphatic heterocycles. The molecule has 1 nitrogen and oxygen atoms in total. The Morgan fingerprint density at radius 1 is 1.45 bits per heavy atom. The van der Waals surface area contributed by atoms with Crippen molar-refractivity contribution in [2.75, 3.05) is 0 Å². The molecule has 60 valence electrons. The van der Waals surface area contributed by atoms with Crippen LogP contribution in [-0.2, 0) is 10.0 Å². The molecule has 0 aliphatic rings. The van der Waals surface area contributed by atoms with Crippen molar-refractivity contribution in [1.29, 1.82) is 0 Å². The van der Waals surface area contributed by atoms with Crippen molar-refractivity contribution in [3.05, 3.63) is 29.0 Å². The first kappa shape index (κ1) is 8.97. The van der Waals surface area contributed by atoms with E-state index in [4.69, 9.17) is 22.3 Å². The van der Waals surface area contributed by atoms with Crippen LogP contribution < -0.4 is 0 Å². The summed E-state index contributed by atoms with van der Waals surface area (Å²) in [5.41, 5.74) is 0. The van der Waals surface area contributed by atoms with Gasteiger partial charge in [-0.15, -0.1) is 0 Å². The van der Waals surface area contributed by atoms with Gasteiger partial charge in [-0.25, -0.2) is 8.60 Å². The maximum absolute atomic E-state index is 12.6. The fourth-order valence-electron chi connectivity index (χ4n) is 0.608. The van der Waals surface area contributed by atoms with Gasteiger partial charge in [-0.1, -0.05) is 17.7 Å². The minimum atomic E-state index is -1.75. The van der Waals surface area contributed by atoms with Crippen LogP contribution in [0.1, 0.15) is 0 Å². The van der Waals surface area contributed by atoms with Gasteiger partial charge in [0.05, 0.1) is 9.92 Å². The Morgan fingerprint density at radius 2 is 2.09 bits per heavy atom. The van der Waals surface area contributed by atoms with Gasteiger partial charge < -0.3 is 0 Å². The quantitative estimate of drug-likeness (QED) is 0.655. The van der Waals surface area contributed by atoms with E-state index < -0.39 is 15.8 Å². The normalized spacial score (nSPS) is 13.0. The van der Waals surface area contributed by atoms with Crippen molar-refractivity contribution in [3.63, 3.8) is 0 Å². The van der Waals surface area contributed by atoms with Crippen molar-refractivity contribution < 1.29 is 8.60 Å². The molecule has 1 aromatic rings. The number of halogens is 3. The Hall–Kier alpha value is -0.120. The molecule has 11 heavy (non-hydrogen) atoms. The highest BCUT2D eigenvalue weighted by Gasteiger charge is 2.08. The maximum atomic E-state index is 12.6. The largest absolute Gasteiger partial charge is 0.237 e. The molecule has 5 heteroatoms. The van der Waals surface area contributed by atoms with Crippen LogP contribution in [0.15, 0.2) is 23.1 Å². The van der Waals surface area contributed by atoms with Crippen molar-refractivity contribution in [1.82, 2.24) is 0 Å². The average molecular weight is 213 g/mol. The molecule has 0 saturated carbocycles. The molecule has 0 bridgehead atoms. The van der Waals surface area contributed by atoms with E-state index in [0.29, 0.717) is 0 Å². The van der Waals surface area contributed by atoms with Crippen molar-refractivity contribution in [2.24, 2.45) is 0 Å². The van der Waals surface area contributed by atoms with Gasteiger partial charge in [0.15, 0.2) is 0 Å². The molecule has 0 fully saturated rings. The lowest BCUT2D eigenvalue weighted by atomic mass is 10.3. The third-order valence-corrected chi connectivity index (χ3v) is 2.77. The monoisotopic (exact) mass is 212 g/mol. The van der Waals surface area contributed by atoms with E-state index in [1.807, 2.05) is 0 Å². The summed E-state index contributed by atoms with van der Waals surface area (Å²) < 4.78 is 23.3. The molecule has 0 aliphatic carbocycles. The Balaban J connectivity index is 3.27. The smallest absolute Gasteiger partial charge is 0.149 e. The second-order valence-electron chi connectivity index (χ2n) is 1.78. The van der Waals surface area contributed by atoms with E-state index in [9.17, 15) is 8.60 Å². The lowest BCUT2D eigenvalue weighted by Crippen LogP contribution is -1.86. The summed E-state index contributed by atoms with van der Waals surface area (Å²) in [7, 11) is 3.45. The zero-order valence-electron chi connectivity index (χ0n) is 5.18. The second-order valence-corrected chi connectivity index (χ2v) is 3.88. The topological polar surface area (TPSA) is 17.1 Å². The molecule has 0 N–H and O–H groups in total. The van der Waals surface area contributed by atoms with E-state index in [0.717, 1.165) is 0 Å².